The van der Waals surface area contributed by atoms with Crippen LogP contribution in [0, 0.1) is 11.8 Å². The van der Waals surface area contributed by atoms with Gasteiger partial charge in [0.15, 0.2) is 0 Å². The molecule has 0 aromatic carbocycles. The third kappa shape index (κ3) is 6.12. The standard InChI is InChI=1S/C26H38N8O4/c1-5-15(2)23(30-21(36)14-33(3)4)26(38)29-19-7-6-16-8-9-34-13-17(10-20(35)22(19)24(16)34)25(37)27-11-18-12-28-32-31-18/h8-9,12,15,17,19,22-23H,5-7,10-11,13-14H2,1-4H3,(H,27,37)(H,29,38)(H,30,36)(H,28,31,32)/t15-,17?,19?,22?,23-/m0/s1. The lowest BCUT2D eigenvalue weighted by Crippen LogP contribution is -2.55. The Morgan fingerprint density at radius 1 is 1.29 bits per heavy atom. The van der Waals surface area contributed by atoms with Gasteiger partial charge in [0.1, 0.15) is 17.5 Å². The molecule has 3 amide bonds. The minimum Gasteiger partial charge on any atom is -0.350 e. The van der Waals surface area contributed by atoms with Gasteiger partial charge >= 0.3 is 0 Å². The monoisotopic (exact) mass is 526 g/mol. The summed E-state index contributed by atoms with van der Waals surface area (Å²) < 4.78 is 1.99. The van der Waals surface area contributed by atoms with E-state index < -0.39 is 23.9 Å². The average molecular weight is 527 g/mol. The van der Waals surface area contributed by atoms with Crippen molar-refractivity contribution in [3.63, 3.8) is 0 Å². The van der Waals surface area contributed by atoms with Crippen molar-refractivity contribution in [3.05, 3.63) is 35.4 Å². The van der Waals surface area contributed by atoms with Crippen molar-refractivity contribution in [1.82, 2.24) is 40.8 Å². The maximum Gasteiger partial charge on any atom is 0.243 e. The van der Waals surface area contributed by atoms with Gasteiger partial charge in [0.05, 0.1) is 31.1 Å². The van der Waals surface area contributed by atoms with Gasteiger partial charge in [0.25, 0.3) is 0 Å². The molecule has 0 fully saturated rings. The molecule has 0 bridgehead atoms. The largest absolute Gasteiger partial charge is 0.350 e. The van der Waals surface area contributed by atoms with Crippen LogP contribution in [-0.2, 0) is 38.7 Å². The molecule has 4 N–H and O–H groups in total. The molecule has 5 atom stereocenters. The van der Waals surface area contributed by atoms with Crippen molar-refractivity contribution in [2.75, 3.05) is 20.6 Å². The Kier molecular flexibility index (Phi) is 8.60. The number of ketones is 1. The zero-order valence-corrected chi connectivity index (χ0v) is 22.5. The van der Waals surface area contributed by atoms with Gasteiger partial charge in [-0.15, -0.1) is 0 Å². The van der Waals surface area contributed by atoms with Crippen LogP contribution in [0.1, 0.15) is 56.0 Å². The van der Waals surface area contributed by atoms with Crippen LogP contribution in [0.2, 0.25) is 0 Å². The first-order chi connectivity index (χ1) is 18.2. The number of aromatic amines is 1. The third-order valence-corrected chi connectivity index (χ3v) is 7.61. The molecule has 206 valence electrons. The number of nitrogens with one attached hydrogen (secondary N) is 4. The quantitative estimate of drug-likeness (QED) is 0.343. The lowest BCUT2D eigenvalue weighted by molar-refractivity contribution is -0.132. The predicted molar refractivity (Wildman–Crippen MR) is 139 cm³/mol. The van der Waals surface area contributed by atoms with Gasteiger partial charge in [-0.05, 0) is 44.5 Å². The van der Waals surface area contributed by atoms with Crippen molar-refractivity contribution < 1.29 is 19.2 Å². The second-order valence-electron chi connectivity index (χ2n) is 10.7. The molecular formula is C26H38N8O4. The normalized spacial score (nSPS) is 22.2. The number of likely N-dealkylation sites (N-methyl/N-ethyl adjacent to an activating group) is 1. The van der Waals surface area contributed by atoms with Gasteiger partial charge in [-0.1, -0.05) is 20.3 Å². The van der Waals surface area contributed by atoms with Crippen molar-refractivity contribution in [3.8, 4) is 0 Å². The van der Waals surface area contributed by atoms with Gasteiger partial charge in [-0.2, -0.15) is 15.4 Å². The van der Waals surface area contributed by atoms with E-state index in [9.17, 15) is 19.2 Å². The third-order valence-electron chi connectivity index (χ3n) is 7.61. The van der Waals surface area contributed by atoms with E-state index in [1.807, 2.05) is 30.7 Å². The van der Waals surface area contributed by atoms with Gasteiger partial charge in [-0.25, -0.2) is 0 Å². The van der Waals surface area contributed by atoms with Crippen LogP contribution >= 0.6 is 0 Å². The second kappa shape index (κ2) is 11.9. The highest BCUT2D eigenvalue weighted by Crippen LogP contribution is 2.38. The molecule has 1 aliphatic carbocycles. The molecule has 0 saturated heterocycles. The van der Waals surface area contributed by atoms with E-state index in [-0.39, 0.29) is 48.9 Å². The highest BCUT2D eigenvalue weighted by Gasteiger charge is 2.43. The number of hydrogen-bond donors (Lipinski definition) is 4. The molecule has 3 unspecified atom stereocenters. The SMILES string of the molecule is CC[C@H](C)[C@H](NC(=O)CN(C)C)C(=O)NC1CCc2ccn3c2C1C(=O)CC(C(=O)NCc1cn[nH]n1)C3. The molecule has 12 nitrogen and oxygen atoms in total. The summed E-state index contributed by atoms with van der Waals surface area (Å²) in [5, 5.41) is 19.1. The van der Waals surface area contributed by atoms with Crippen LogP contribution < -0.4 is 16.0 Å². The predicted octanol–water partition coefficient (Wildman–Crippen LogP) is 0.119. The molecule has 2 aliphatic rings. The topological polar surface area (TPSA) is 154 Å². The molecule has 1 aliphatic heterocycles. The van der Waals surface area contributed by atoms with E-state index in [0.29, 0.717) is 25.1 Å². The fourth-order valence-electron chi connectivity index (χ4n) is 5.44. The van der Waals surface area contributed by atoms with E-state index >= 15 is 0 Å². The Hall–Kier alpha value is -3.54. The number of carbonyl (C=O) groups is 4. The van der Waals surface area contributed by atoms with Crippen LogP contribution in [-0.4, -0.2) is 81.1 Å². The Balaban J connectivity index is 1.50. The lowest BCUT2D eigenvalue weighted by atomic mass is 9.79. The number of carbonyl (C=O) groups excluding carboxylic acids is 4. The van der Waals surface area contributed by atoms with Crippen molar-refractivity contribution in [2.24, 2.45) is 11.8 Å². The second-order valence-corrected chi connectivity index (χ2v) is 10.7. The minimum absolute atomic E-state index is 0.0629. The number of aromatic nitrogens is 4. The number of nitrogens with zero attached hydrogens (tertiary/aromatic N) is 4. The van der Waals surface area contributed by atoms with Crippen LogP contribution in [0.4, 0.5) is 0 Å². The molecular weight excluding hydrogens is 488 g/mol. The number of aryl methyl sites for hydroxylation is 1. The first-order valence-corrected chi connectivity index (χ1v) is 13.2. The summed E-state index contributed by atoms with van der Waals surface area (Å²) in [5.74, 6) is -1.94. The van der Waals surface area contributed by atoms with Crippen molar-refractivity contribution >= 4 is 23.5 Å². The number of H-pyrrole nitrogens is 1. The number of rotatable bonds is 10. The molecule has 38 heavy (non-hydrogen) atoms. The molecule has 0 saturated carbocycles. The zero-order chi connectivity index (χ0) is 27.4. The van der Waals surface area contributed by atoms with Gasteiger partial charge in [0, 0.05) is 30.9 Å². The summed E-state index contributed by atoms with van der Waals surface area (Å²) in [6.45, 7) is 4.71. The van der Waals surface area contributed by atoms with E-state index in [0.717, 1.165) is 17.7 Å². The summed E-state index contributed by atoms with van der Waals surface area (Å²) in [5.41, 5.74) is 2.57. The van der Waals surface area contributed by atoms with E-state index in [4.69, 9.17) is 0 Å². The molecule has 2 aromatic rings. The number of hydrogen-bond acceptors (Lipinski definition) is 7. The Bertz CT molecular complexity index is 1160. The van der Waals surface area contributed by atoms with Gasteiger partial charge < -0.3 is 25.4 Å². The van der Waals surface area contributed by atoms with Crippen LogP contribution in [0.25, 0.3) is 0 Å². The molecule has 0 radical (unpaired) electrons. The maximum absolute atomic E-state index is 13.6. The lowest BCUT2D eigenvalue weighted by Gasteiger charge is -2.34. The van der Waals surface area contributed by atoms with E-state index in [2.05, 4.69) is 31.4 Å². The van der Waals surface area contributed by atoms with Crippen molar-refractivity contribution in [2.45, 2.75) is 70.6 Å². The minimum atomic E-state index is -0.698. The Morgan fingerprint density at radius 2 is 2.08 bits per heavy atom. The summed E-state index contributed by atoms with van der Waals surface area (Å²) in [6, 6.07) is 0.897. The fraction of sp³-hybridized carbons (Fsp3) is 0.615. The highest BCUT2D eigenvalue weighted by atomic mass is 16.2. The van der Waals surface area contributed by atoms with Gasteiger partial charge in [0.2, 0.25) is 17.7 Å². The summed E-state index contributed by atoms with van der Waals surface area (Å²) in [6.07, 6.45) is 5.60. The van der Waals surface area contributed by atoms with E-state index in [1.165, 1.54) is 6.20 Å². The number of amides is 3. The van der Waals surface area contributed by atoms with Crippen LogP contribution in [0.15, 0.2) is 18.5 Å². The van der Waals surface area contributed by atoms with Gasteiger partial charge in [-0.3, -0.25) is 19.2 Å². The maximum atomic E-state index is 13.6. The van der Waals surface area contributed by atoms with Crippen LogP contribution in [0.3, 0.4) is 0 Å². The molecule has 3 heterocycles. The van der Waals surface area contributed by atoms with Crippen molar-refractivity contribution in [1.29, 1.82) is 0 Å². The molecule has 12 heteroatoms. The summed E-state index contributed by atoms with van der Waals surface area (Å²) in [7, 11) is 3.60. The first-order valence-electron chi connectivity index (χ1n) is 13.2. The number of Topliss-reactive ketones (excluding diaryl/α,β-unsaturated/α-hetero) is 1. The highest BCUT2D eigenvalue weighted by molar-refractivity contribution is 5.93. The first kappa shape index (κ1) is 27.5. The fourth-order valence-corrected chi connectivity index (χ4v) is 5.44. The zero-order valence-electron chi connectivity index (χ0n) is 22.5. The smallest absolute Gasteiger partial charge is 0.243 e. The Morgan fingerprint density at radius 3 is 2.76 bits per heavy atom. The molecule has 4 rings (SSSR count). The molecule has 2 aromatic heterocycles. The summed E-state index contributed by atoms with van der Waals surface area (Å²) >= 11 is 0. The average Bonchev–Trinajstić information content (AvgIpc) is 3.51. The van der Waals surface area contributed by atoms with E-state index in [1.54, 1.807) is 19.0 Å². The summed E-state index contributed by atoms with van der Waals surface area (Å²) in [4.78, 5) is 54.3. The Labute approximate surface area is 222 Å². The van der Waals surface area contributed by atoms with Crippen LogP contribution in [0.5, 0.6) is 0 Å². The molecule has 0 spiro atoms.